The van der Waals surface area contributed by atoms with Gasteiger partial charge in [-0.25, -0.2) is 8.78 Å². The Morgan fingerprint density at radius 3 is 2.37 bits per heavy atom. The van der Waals surface area contributed by atoms with Gasteiger partial charge in [0, 0.05) is 12.8 Å². The van der Waals surface area contributed by atoms with E-state index in [-0.39, 0.29) is 17.6 Å². The van der Waals surface area contributed by atoms with Crippen molar-refractivity contribution < 1.29 is 13.6 Å². The molecule has 1 aromatic rings. The molecule has 0 aliphatic heterocycles. The van der Waals surface area contributed by atoms with Gasteiger partial charge in [0.2, 0.25) is 0 Å². The van der Waals surface area contributed by atoms with Crippen LogP contribution < -0.4 is 0 Å². The van der Waals surface area contributed by atoms with Crippen molar-refractivity contribution in [2.75, 3.05) is 0 Å². The van der Waals surface area contributed by atoms with E-state index in [2.05, 4.69) is 20.8 Å². The van der Waals surface area contributed by atoms with Crippen LogP contribution in [0.4, 0.5) is 8.78 Å². The zero-order valence-electron chi connectivity index (χ0n) is 12.1. The lowest BCUT2D eigenvalue weighted by atomic mass is 9.83. The third kappa shape index (κ3) is 5.95. The molecule has 0 bridgehead atoms. The maximum atomic E-state index is 13.0. The number of rotatable bonds is 5. The molecular formula is C16H22F2O. The van der Waals surface area contributed by atoms with Gasteiger partial charge in [0.05, 0.1) is 0 Å². The van der Waals surface area contributed by atoms with Crippen molar-refractivity contribution in [3.63, 3.8) is 0 Å². The minimum Gasteiger partial charge on any atom is -0.299 e. The van der Waals surface area contributed by atoms with Crippen molar-refractivity contribution >= 4 is 5.78 Å². The monoisotopic (exact) mass is 268 g/mol. The minimum atomic E-state index is -0.895. The molecule has 0 fully saturated rings. The topological polar surface area (TPSA) is 17.1 Å². The van der Waals surface area contributed by atoms with Gasteiger partial charge in [0.1, 0.15) is 5.78 Å². The molecule has 1 rings (SSSR count). The third-order valence-corrected chi connectivity index (χ3v) is 2.92. The highest BCUT2D eigenvalue weighted by molar-refractivity contribution is 5.81. The third-order valence-electron chi connectivity index (χ3n) is 2.92. The highest BCUT2D eigenvalue weighted by Crippen LogP contribution is 2.26. The number of Topliss-reactive ketones (excluding diaryl/α,β-unsaturated/α-hetero) is 1. The summed E-state index contributed by atoms with van der Waals surface area (Å²) in [5.74, 6) is -1.40. The molecule has 0 aliphatic carbocycles. The second-order valence-corrected chi connectivity index (χ2v) is 6.54. The second-order valence-electron chi connectivity index (χ2n) is 6.54. The van der Waals surface area contributed by atoms with E-state index in [1.807, 2.05) is 6.92 Å². The molecule has 0 N–H and O–H groups in total. The van der Waals surface area contributed by atoms with E-state index in [1.165, 1.54) is 6.07 Å². The molecule has 0 heterocycles. The standard InChI is InChI=1S/C16H22F2O/c1-11(10-16(2,3)4)7-13(19)8-12-5-6-14(17)15(18)9-12/h5-6,9,11H,7-8,10H2,1-4H3. The maximum absolute atomic E-state index is 13.0. The second kappa shape index (κ2) is 6.27. The first-order valence-electron chi connectivity index (χ1n) is 6.63. The molecular weight excluding hydrogens is 246 g/mol. The first kappa shape index (κ1) is 15.8. The van der Waals surface area contributed by atoms with Gasteiger partial charge in [-0.1, -0.05) is 33.8 Å². The van der Waals surface area contributed by atoms with Crippen molar-refractivity contribution in [1.29, 1.82) is 0 Å². The molecule has 1 atom stereocenters. The smallest absolute Gasteiger partial charge is 0.159 e. The van der Waals surface area contributed by atoms with E-state index >= 15 is 0 Å². The van der Waals surface area contributed by atoms with Gasteiger partial charge >= 0.3 is 0 Å². The molecule has 1 nitrogen and oxygen atoms in total. The fourth-order valence-electron chi connectivity index (χ4n) is 2.46. The van der Waals surface area contributed by atoms with E-state index in [1.54, 1.807) is 0 Å². The van der Waals surface area contributed by atoms with Crippen molar-refractivity contribution in [3.05, 3.63) is 35.4 Å². The van der Waals surface area contributed by atoms with Crippen molar-refractivity contribution in [2.45, 2.75) is 47.0 Å². The van der Waals surface area contributed by atoms with Crippen LogP contribution in [-0.2, 0) is 11.2 Å². The molecule has 0 spiro atoms. The lowest BCUT2D eigenvalue weighted by Gasteiger charge is -2.22. The van der Waals surface area contributed by atoms with Crippen LogP contribution in [0.5, 0.6) is 0 Å². The highest BCUT2D eigenvalue weighted by Gasteiger charge is 2.18. The number of carbonyl (C=O) groups excluding carboxylic acids is 1. The van der Waals surface area contributed by atoms with Gasteiger partial charge in [-0.3, -0.25) is 4.79 Å². The molecule has 19 heavy (non-hydrogen) atoms. The summed E-state index contributed by atoms with van der Waals surface area (Å²) in [5.41, 5.74) is 0.730. The quantitative estimate of drug-likeness (QED) is 0.766. The predicted octanol–water partition coefficient (Wildman–Crippen LogP) is 4.54. The molecule has 1 aromatic carbocycles. The van der Waals surface area contributed by atoms with Crippen LogP contribution in [0.1, 0.15) is 46.1 Å². The number of ketones is 1. The number of halogens is 2. The summed E-state index contributed by atoms with van der Waals surface area (Å²) in [6.07, 6.45) is 1.62. The van der Waals surface area contributed by atoms with Gasteiger partial charge in [-0.2, -0.15) is 0 Å². The summed E-state index contributed by atoms with van der Waals surface area (Å²) in [6, 6.07) is 3.63. The number of hydrogen-bond acceptors (Lipinski definition) is 1. The van der Waals surface area contributed by atoms with Crippen LogP contribution in [0.2, 0.25) is 0 Å². The van der Waals surface area contributed by atoms with E-state index in [4.69, 9.17) is 0 Å². The van der Waals surface area contributed by atoms with Crippen LogP contribution in [-0.4, -0.2) is 5.78 Å². The molecule has 3 heteroatoms. The maximum Gasteiger partial charge on any atom is 0.159 e. The Bertz CT molecular complexity index is 447. The largest absolute Gasteiger partial charge is 0.299 e. The molecule has 0 saturated carbocycles. The van der Waals surface area contributed by atoms with Crippen LogP contribution in [0.25, 0.3) is 0 Å². The highest BCUT2D eigenvalue weighted by atomic mass is 19.2. The summed E-state index contributed by atoms with van der Waals surface area (Å²) >= 11 is 0. The van der Waals surface area contributed by atoms with Crippen LogP contribution in [0, 0.1) is 23.0 Å². The van der Waals surface area contributed by atoms with Gasteiger partial charge in [0.25, 0.3) is 0 Å². The van der Waals surface area contributed by atoms with Crippen LogP contribution in [0.3, 0.4) is 0 Å². The number of hydrogen-bond donors (Lipinski definition) is 0. The normalized spacial score (nSPS) is 13.4. The summed E-state index contributed by atoms with van der Waals surface area (Å²) in [4.78, 5) is 11.9. The van der Waals surface area contributed by atoms with Gasteiger partial charge in [0.15, 0.2) is 11.6 Å². The number of carbonyl (C=O) groups is 1. The summed E-state index contributed by atoms with van der Waals surface area (Å²) in [5, 5.41) is 0. The zero-order valence-corrected chi connectivity index (χ0v) is 12.1. The van der Waals surface area contributed by atoms with E-state index in [9.17, 15) is 13.6 Å². The molecule has 0 aliphatic rings. The van der Waals surface area contributed by atoms with Crippen molar-refractivity contribution in [2.24, 2.45) is 11.3 Å². The summed E-state index contributed by atoms with van der Waals surface area (Å²) < 4.78 is 25.8. The Hall–Kier alpha value is -1.25. The molecule has 0 amide bonds. The molecule has 1 unspecified atom stereocenters. The Morgan fingerprint density at radius 2 is 1.84 bits per heavy atom. The minimum absolute atomic E-state index is 0.0720. The average Bonchev–Trinajstić information content (AvgIpc) is 2.20. The van der Waals surface area contributed by atoms with E-state index < -0.39 is 11.6 Å². The van der Waals surface area contributed by atoms with Gasteiger partial charge in [-0.15, -0.1) is 0 Å². The zero-order chi connectivity index (χ0) is 14.6. The summed E-state index contributed by atoms with van der Waals surface area (Å²) in [6.45, 7) is 8.48. The number of benzene rings is 1. The van der Waals surface area contributed by atoms with Crippen molar-refractivity contribution in [3.8, 4) is 0 Å². The first-order chi connectivity index (χ1) is 8.67. The van der Waals surface area contributed by atoms with Gasteiger partial charge in [-0.05, 0) is 35.4 Å². The Kier molecular flexibility index (Phi) is 5.21. The van der Waals surface area contributed by atoms with Gasteiger partial charge < -0.3 is 0 Å². The fraction of sp³-hybridized carbons (Fsp3) is 0.562. The molecule has 0 radical (unpaired) electrons. The average molecular weight is 268 g/mol. The van der Waals surface area contributed by atoms with Crippen LogP contribution >= 0.6 is 0 Å². The predicted molar refractivity (Wildman–Crippen MR) is 72.9 cm³/mol. The Labute approximate surface area is 114 Å². The lowest BCUT2D eigenvalue weighted by Crippen LogP contribution is -2.15. The first-order valence-corrected chi connectivity index (χ1v) is 6.63. The Morgan fingerprint density at radius 1 is 1.21 bits per heavy atom. The summed E-state index contributed by atoms with van der Waals surface area (Å²) in [7, 11) is 0. The Balaban J connectivity index is 2.53. The molecule has 0 aromatic heterocycles. The fourth-order valence-corrected chi connectivity index (χ4v) is 2.46. The van der Waals surface area contributed by atoms with Crippen molar-refractivity contribution in [1.82, 2.24) is 0 Å². The lowest BCUT2D eigenvalue weighted by molar-refractivity contribution is -0.119. The SMILES string of the molecule is CC(CC(=O)Cc1ccc(F)c(F)c1)CC(C)(C)C. The molecule has 106 valence electrons. The molecule has 0 saturated heterocycles. The van der Waals surface area contributed by atoms with E-state index in [0.29, 0.717) is 17.9 Å². The van der Waals surface area contributed by atoms with E-state index in [0.717, 1.165) is 18.6 Å². The van der Waals surface area contributed by atoms with Crippen LogP contribution in [0.15, 0.2) is 18.2 Å².